The average Bonchev–Trinajstić information content (AvgIpc) is 2.77. The lowest BCUT2D eigenvalue weighted by molar-refractivity contribution is 0.881. The zero-order chi connectivity index (χ0) is 12.1. The predicted octanol–water partition coefficient (Wildman–Crippen LogP) is 2.20. The van der Waals surface area contributed by atoms with Crippen LogP contribution in [0.25, 0.3) is 17.0 Å². The number of hydrogen-bond donors (Lipinski definition) is 0. The Balaban J connectivity index is 2.13. The normalized spacial score (nSPS) is 13.4. The van der Waals surface area contributed by atoms with E-state index in [2.05, 4.69) is 39.6 Å². The zero-order valence-corrected chi connectivity index (χ0v) is 10.1. The number of aromatic nitrogens is 4. The van der Waals surface area contributed by atoms with Crippen molar-refractivity contribution in [2.45, 2.75) is 19.8 Å². The number of rotatable bonds is 0. The van der Waals surface area contributed by atoms with Crippen molar-refractivity contribution in [1.82, 2.24) is 19.4 Å². The summed E-state index contributed by atoms with van der Waals surface area (Å²) in [6.07, 6.45) is 7.60. The van der Waals surface area contributed by atoms with E-state index >= 15 is 0 Å². The molecule has 0 bridgehead atoms. The SMILES string of the molecule is Cc1ccc2nc3c(n2c1)-c1ncncc1CC3. The van der Waals surface area contributed by atoms with E-state index in [1.165, 1.54) is 11.1 Å². The third-order valence-electron chi connectivity index (χ3n) is 3.48. The van der Waals surface area contributed by atoms with Gasteiger partial charge in [0.25, 0.3) is 0 Å². The topological polar surface area (TPSA) is 43.1 Å². The Labute approximate surface area is 104 Å². The van der Waals surface area contributed by atoms with Gasteiger partial charge in [-0.15, -0.1) is 0 Å². The number of imidazole rings is 1. The van der Waals surface area contributed by atoms with Crippen LogP contribution in [0.4, 0.5) is 0 Å². The lowest BCUT2D eigenvalue weighted by Crippen LogP contribution is -2.07. The molecule has 0 atom stereocenters. The molecule has 3 aromatic rings. The lowest BCUT2D eigenvalue weighted by atomic mass is 9.98. The van der Waals surface area contributed by atoms with Crippen molar-refractivity contribution < 1.29 is 0 Å². The Bertz CT molecular complexity index is 758. The molecule has 4 rings (SSSR count). The highest BCUT2D eigenvalue weighted by molar-refractivity contribution is 5.68. The van der Waals surface area contributed by atoms with Crippen molar-refractivity contribution in [1.29, 1.82) is 0 Å². The van der Waals surface area contributed by atoms with Crippen LogP contribution in [0.15, 0.2) is 30.9 Å². The fourth-order valence-electron chi connectivity index (χ4n) is 2.63. The summed E-state index contributed by atoms with van der Waals surface area (Å²) in [4.78, 5) is 13.2. The molecule has 3 aromatic heterocycles. The minimum absolute atomic E-state index is 0.969. The number of fused-ring (bicyclic) bond motifs is 5. The summed E-state index contributed by atoms with van der Waals surface area (Å²) >= 11 is 0. The van der Waals surface area contributed by atoms with Gasteiger partial charge in [0, 0.05) is 12.4 Å². The van der Waals surface area contributed by atoms with Crippen LogP contribution in [0.1, 0.15) is 16.8 Å². The fourth-order valence-corrected chi connectivity index (χ4v) is 2.63. The molecule has 3 heterocycles. The molecule has 0 amide bonds. The van der Waals surface area contributed by atoms with Gasteiger partial charge in [0.05, 0.1) is 17.1 Å². The van der Waals surface area contributed by atoms with E-state index < -0.39 is 0 Å². The van der Waals surface area contributed by atoms with Gasteiger partial charge < -0.3 is 0 Å². The van der Waals surface area contributed by atoms with Gasteiger partial charge >= 0.3 is 0 Å². The van der Waals surface area contributed by atoms with Crippen molar-refractivity contribution in [3.8, 4) is 11.4 Å². The van der Waals surface area contributed by atoms with Gasteiger partial charge in [-0.1, -0.05) is 6.07 Å². The van der Waals surface area contributed by atoms with E-state index in [9.17, 15) is 0 Å². The third-order valence-corrected chi connectivity index (χ3v) is 3.48. The highest BCUT2D eigenvalue weighted by Gasteiger charge is 2.22. The van der Waals surface area contributed by atoms with Crippen LogP contribution >= 0.6 is 0 Å². The molecule has 0 unspecified atom stereocenters. The molecule has 4 nitrogen and oxygen atoms in total. The van der Waals surface area contributed by atoms with E-state index in [-0.39, 0.29) is 0 Å². The van der Waals surface area contributed by atoms with Crippen molar-refractivity contribution in [3.63, 3.8) is 0 Å². The second-order valence-electron chi connectivity index (χ2n) is 4.74. The monoisotopic (exact) mass is 236 g/mol. The van der Waals surface area contributed by atoms with E-state index in [4.69, 9.17) is 4.98 Å². The van der Waals surface area contributed by atoms with Crippen LogP contribution in [0, 0.1) is 6.92 Å². The quantitative estimate of drug-likeness (QED) is 0.601. The molecule has 18 heavy (non-hydrogen) atoms. The first-order valence-electron chi connectivity index (χ1n) is 6.10. The fraction of sp³-hybridized carbons (Fsp3) is 0.214. The Hall–Kier alpha value is -2.23. The standard InChI is InChI=1S/C14H12N4/c1-9-2-5-12-17-11-4-3-10-6-15-8-16-13(10)14(11)18(12)7-9/h2,5-8H,3-4H2,1H3. The van der Waals surface area contributed by atoms with Crippen molar-refractivity contribution in [2.75, 3.05) is 0 Å². The number of nitrogens with zero attached hydrogens (tertiary/aromatic N) is 4. The molecule has 1 aliphatic carbocycles. The molecule has 0 N–H and O–H groups in total. The summed E-state index contributed by atoms with van der Waals surface area (Å²) in [7, 11) is 0. The minimum atomic E-state index is 0.969. The Morgan fingerprint density at radius 2 is 2.17 bits per heavy atom. The summed E-state index contributed by atoms with van der Waals surface area (Å²) in [6.45, 7) is 2.09. The largest absolute Gasteiger partial charge is 0.298 e. The maximum atomic E-state index is 4.70. The van der Waals surface area contributed by atoms with E-state index in [1.54, 1.807) is 6.33 Å². The first-order valence-corrected chi connectivity index (χ1v) is 6.10. The van der Waals surface area contributed by atoms with Gasteiger partial charge in [0.2, 0.25) is 0 Å². The third kappa shape index (κ3) is 1.23. The average molecular weight is 236 g/mol. The van der Waals surface area contributed by atoms with E-state index in [0.717, 1.165) is 35.6 Å². The van der Waals surface area contributed by atoms with Crippen molar-refractivity contribution in [2.24, 2.45) is 0 Å². The molecule has 0 fully saturated rings. The summed E-state index contributed by atoms with van der Waals surface area (Å²) < 4.78 is 2.15. The van der Waals surface area contributed by atoms with Crippen LogP contribution in [0.5, 0.6) is 0 Å². The van der Waals surface area contributed by atoms with Crippen LogP contribution in [0.3, 0.4) is 0 Å². The van der Waals surface area contributed by atoms with Crippen LogP contribution in [-0.2, 0) is 12.8 Å². The van der Waals surface area contributed by atoms with Gasteiger partial charge in [-0.25, -0.2) is 15.0 Å². The molecule has 1 aliphatic rings. The Morgan fingerprint density at radius 1 is 1.22 bits per heavy atom. The minimum Gasteiger partial charge on any atom is -0.298 e. The van der Waals surface area contributed by atoms with Gasteiger partial charge in [-0.05, 0) is 37.0 Å². The number of aryl methyl sites for hydroxylation is 3. The summed E-state index contributed by atoms with van der Waals surface area (Å²) in [6, 6.07) is 4.16. The molecule has 0 saturated carbocycles. The molecular formula is C14H12N4. The number of pyridine rings is 1. The highest BCUT2D eigenvalue weighted by Crippen LogP contribution is 2.31. The van der Waals surface area contributed by atoms with Crippen LogP contribution < -0.4 is 0 Å². The maximum absolute atomic E-state index is 4.70. The first kappa shape index (κ1) is 9.76. The first-order chi connectivity index (χ1) is 8.83. The maximum Gasteiger partial charge on any atom is 0.137 e. The second-order valence-corrected chi connectivity index (χ2v) is 4.74. The van der Waals surface area contributed by atoms with Crippen LogP contribution in [0.2, 0.25) is 0 Å². The summed E-state index contributed by atoms with van der Waals surface area (Å²) in [5, 5.41) is 0. The van der Waals surface area contributed by atoms with Gasteiger partial charge in [-0.3, -0.25) is 4.40 Å². The molecule has 88 valence electrons. The molecule has 0 saturated heterocycles. The molecule has 0 aromatic carbocycles. The zero-order valence-electron chi connectivity index (χ0n) is 10.1. The van der Waals surface area contributed by atoms with Crippen molar-refractivity contribution in [3.05, 3.63) is 47.7 Å². The Kier molecular flexibility index (Phi) is 1.84. The second kappa shape index (κ2) is 3.38. The molecule has 0 spiro atoms. The molecule has 0 aliphatic heterocycles. The highest BCUT2D eigenvalue weighted by atomic mass is 15.0. The van der Waals surface area contributed by atoms with Gasteiger partial charge in [0.1, 0.15) is 12.0 Å². The smallest absolute Gasteiger partial charge is 0.137 e. The predicted molar refractivity (Wildman–Crippen MR) is 68.4 cm³/mol. The molecular weight excluding hydrogens is 224 g/mol. The van der Waals surface area contributed by atoms with Crippen molar-refractivity contribution >= 4 is 5.65 Å². The lowest BCUT2D eigenvalue weighted by Gasteiger charge is -2.14. The van der Waals surface area contributed by atoms with Crippen LogP contribution in [-0.4, -0.2) is 19.4 Å². The summed E-state index contributed by atoms with van der Waals surface area (Å²) in [5.41, 5.74) is 6.75. The number of hydrogen-bond acceptors (Lipinski definition) is 3. The van der Waals surface area contributed by atoms with Gasteiger partial charge in [-0.2, -0.15) is 0 Å². The summed E-state index contributed by atoms with van der Waals surface area (Å²) in [5.74, 6) is 0. The van der Waals surface area contributed by atoms with Gasteiger partial charge in [0.15, 0.2) is 0 Å². The van der Waals surface area contributed by atoms with E-state index in [0.29, 0.717) is 0 Å². The van der Waals surface area contributed by atoms with E-state index in [1.807, 2.05) is 6.20 Å². The molecule has 4 heteroatoms. The molecule has 0 radical (unpaired) electrons. The Morgan fingerprint density at radius 3 is 3.11 bits per heavy atom.